The Morgan fingerprint density at radius 3 is 2.50 bits per heavy atom. The summed E-state index contributed by atoms with van der Waals surface area (Å²) >= 11 is 0. The van der Waals surface area contributed by atoms with Gasteiger partial charge in [-0.1, -0.05) is 24.3 Å². The van der Waals surface area contributed by atoms with Crippen LogP contribution in [0.2, 0.25) is 0 Å². The normalized spacial score (nSPS) is 13.4. The number of aromatic nitrogens is 3. The van der Waals surface area contributed by atoms with Gasteiger partial charge in [-0.3, -0.25) is 14.2 Å². The van der Waals surface area contributed by atoms with Crippen molar-refractivity contribution in [3.63, 3.8) is 0 Å². The second-order valence-corrected chi connectivity index (χ2v) is 10.2. The maximum atomic E-state index is 13.1. The minimum atomic E-state index is -0.389. The molecule has 196 valence electrons. The molecular formula is C29H32N6O3. The van der Waals surface area contributed by atoms with Gasteiger partial charge in [0.15, 0.2) is 5.65 Å². The van der Waals surface area contributed by atoms with Gasteiger partial charge in [0, 0.05) is 43.1 Å². The number of pyridine rings is 1. The van der Waals surface area contributed by atoms with Gasteiger partial charge in [-0.2, -0.15) is 4.98 Å². The van der Waals surface area contributed by atoms with Crippen molar-refractivity contribution in [1.29, 1.82) is 0 Å². The van der Waals surface area contributed by atoms with Gasteiger partial charge < -0.3 is 20.1 Å². The predicted octanol–water partition coefficient (Wildman–Crippen LogP) is 3.35. The number of hydrogen-bond acceptors (Lipinski definition) is 6. The number of amides is 1. The van der Waals surface area contributed by atoms with E-state index in [4.69, 9.17) is 9.97 Å². The van der Waals surface area contributed by atoms with Crippen molar-refractivity contribution >= 4 is 22.9 Å². The molecule has 0 unspecified atom stereocenters. The summed E-state index contributed by atoms with van der Waals surface area (Å²) in [6.45, 7) is 4.30. The highest BCUT2D eigenvalue weighted by Crippen LogP contribution is 2.25. The summed E-state index contributed by atoms with van der Waals surface area (Å²) in [5.74, 6) is 0.378. The quantitative estimate of drug-likeness (QED) is 0.231. The van der Waals surface area contributed by atoms with Crippen molar-refractivity contribution in [1.82, 2.24) is 19.9 Å². The Labute approximate surface area is 221 Å². The smallest absolute Gasteiger partial charge is 0.256 e. The van der Waals surface area contributed by atoms with Crippen molar-refractivity contribution in [2.75, 3.05) is 38.6 Å². The first-order chi connectivity index (χ1) is 18.2. The molecule has 0 bridgehead atoms. The Bertz CT molecular complexity index is 1540. The summed E-state index contributed by atoms with van der Waals surface area (Å²) < 4.78 is 1.18. The van der Waals surface area contributed by atoms with Crippen LogP contribution in [0.1, 0.15) is 33.6 Å². The van der Waals surface area contributed by atoms with Crippen LogP contribution in [0, 0.1) is 12.1 Å². The summed E-state index contributed by atoms with van der Waals surface area (Å²) in [5.41, 5.74) is 4.84. The highest BCUT2D eigenvalue weighted by molar-refractivity contribution is 5.94. The molecular weight excluding hydrogens is 480 g/mol. The van der Waals surface area contributed by atoms with E-state index in [-0.39, 0.29) is 16.1 Å². The molecule has 0 saturated heterocycles. The number of fused-ring (bicyclic) bond motifs is 2. The van der Waals surface area contributed by atoms with Crippen molar-refractivity contribution in [3.8, 4) is 5.69 Å². The van der Waals surface area contributed by atoms with Crippen molar-refractivity contribution in [2.45, 2.75) is 26.3 Å². The summed E-state index contributed by atoms with van der Waals surface area (Å²) in [6, 6.07) is 18.6. The van der Waals surface area contributed by atoms with Crippen LogP contribution in [0.3, 0.4) is 0 Å². The molecule has 5 rings (SSSR count). The standard InChI is InChI=1S/C29H32N6O3/c1-20-25-13-14-26(36)34(24-11-9-22(10-12-24)28(37)30-16-6-18-35(2,3)38)27(25)32-29(31-20)33-17-15-21-7-4-5-8-23(21)19-33/h4-5,7-14H,6,15-19H2,1-3H3,(H,30,37). The first-order valence-corrected chi connectivity index (χ1v) is 12.8. The molecule has 0 saturated carbocycles. The van der Waals surface area contributed by atoms with Gasteiger partial charge in [-0.25, -0.2) is 4.98 Å². The van der Waals surface area contributed by atoms with Gasteiger partial charge in [0.1, 0.15) is 0 Å². The first kappa shape index (κ1) is 25.6. The number of aryl methyl sites for hydroxylation is 1. The van der Waals surface area contributed by atoms with Crippen molar-refractivity contribution < 1.29 is 9.44 Å². The molecule has 9 nitrogen and oxygen atoms in total. The van der Waals surface area contributed by atoms with E-state index >= 15 is 0 Å². The largest absolute Gasteiger partial charge is 0.633 e. The second-order valence-electron chi connectivity index (χ2n) is 10.2. The van der Waals surface area contributed by atoms with E-state index < -0.39 is 0 Å². The molecule has 0 aliphatic carbocycles. The Balaban J connectivity index is 1.42. The van der Waals surface area contributed by atoms with E-state index in [1.807, 2.05) is 13.0 Å². The SMILES string of the molecule is Cc1nc(N2CCc3ccccc3C2)nc2c1ccc(=O)n2-c1ccc(C(=O)NCCC[N+](C)(C)[O-])cc1. The maximum absolute atomic E-state index is 13.1. The number of carbonyl (C=O) groups excluding carboxylic acids is 1. The lowest BCUT2D eigenvalue weighted by Crippen LogP contribution is -2.35. The molecule has 0 spiro atoms. The topological polar surface area (TPSA) is 103 Å². The fourth-order valence-electron chi connectivity index (χ4n) is 4.83. The molecule has 0 atom stereocenters. The third-order valence-electron chi connectivity index (χ3n) is 6.89. The van der Waals surface area contributed by atoms with Crippen LogP contribution in [0.25, 0.3) is 16.7 Å². The Morgan fingerprint density at radius 1 is 1.03 bits per heavy atom. The van der Waals surface area contributed by atoms with Crippen LogP contribution in [-0.2, 0) is 13.0 Å². The number of benzene rings is 2. The number of nitrogens with one attached hydrogen (secondary N) is 1. The molecule has 0 radical (unpaired) electrons. The van der Waals surface area contributed by atoms with Crippen LogP contribution in [0.4, 0.5) is 5.95 Å². The molecule has 38 heavy (non-hydrogen) atoms. The molecule has 3 heterocycles. The molecule has 1 amide bonds. The van der Waals surface area contributed by atoms with E-state index in [9.17, 15) is 14.8 Å². The molecule has 1 aliphatic heterocycles. The number of hydroxylamine groups is 3. The second kappa shape index (κ2) is 10.4. The maximum Gasteiger partial charge on any atom is 0.256 e. The number of rotatable bonds is 7. The van der Waals surface area contributed by atoms with E-state index in [1.54, 1.807) is 49.0 Å². The number of anilines is 1. The summed E-state index contributed by atoms with van der Waals surface area (Å²) in [5, 5.41) is 15.3. The van der Waals surface area contributed by atoms with E-state index in [2.05, 4.69) is 28.4 Å². The zero-order chi connectivity index (χ0) is 26.9. The Hall–Kier alpha value is -4.08. The molecule has 4 aromatic rings. The minimum Gasteiger partial charge on any atom is -0.633 e. The molecule has 0 fully saturated rings. The van der Waals surface area contributed by atoms with Crippen LogP contribution < -0.4 is 15.8 Å². The van der Waals surface area contributed by atoms with Gasteiger partial charge in [0.05, 0.1) is 32.0 Å². The van der Waals surface area contributed by atoms with Crippen molar-refractivity contribution in [2.24, 2.45) is 0 Å². The van der Waals surface area contributed by atoms with Gasteiger partial charge in [-0.15, -0.1) is 0 Å². The Kier molecular flexibility index (Phi) is 6.96. The number of carbonyl (C=O) groups is 1. The lowest BCUT2D eigenvalue weighted by atomic mass is 10.0. The minimum absolute atomic E-state index is 0.207. The number of quaternary nitrogens is 1. The number of hydrogen-bond donors (Lipinski definition) is 1. The summed E-state index contributed by atoms with van der Waals surface area (Å²) in [7, 11) is 3.16. The van der Waals surface area contributed by atoms with Crippen molar-refractivity contribution in [3.05, 3.63) is 98.6 Å². The lowest BCUT2D eigenvalue weighted by Gasteiger charge is -2.33. The van der Waals surface area contributed by atoms with E-state index in [1.165, 1.54) is 17.2 Å². The van der Waals surface area contributed by atoms with Crippen LogP contribution in [0.15, 0.2) is 65.5 Å². The van der Waals surface area contributed by atoms with Crippen LogP contribution in [0.5, 0.6) is 0 Å². The van der Waals surface area contributed by atoms with Gasteiger partial charge in [-0.05, 0) is 54.8 Å². The Morgan fingerprint density at radius 2 is 1.76 bits per heavy atom. The predicted molar refractivity (Wildman–Crippen MR) is 148 cm³/mol. The third-order valence-corrected chi connectivity index (χ3v) is 6.89. The average molecular weight is 513 g/mol. The number of nitrogens with zero attached hydrogens (tertiary/aromatic N) is 5. The van der Waals surface area contributed by atoms with Gasteiger partial charge in [0.2, 0.25) is 5.95 Å². The first-order valence-electron chi connectivity index (χ1n) is 12.8. The van der Waals surface area contributed by atoms with E-state index in [0.717, 1.165) is 24.0 Å². The highest BCUT2D eigenvalue weighted by Gasteiger charge is 2.20. The molecule has 1 N–H and O–H groups in total. The summed E-state index contributed by atoms with van der Waals surface area (Å²) in [6.07, 6.45) is 1.51. The molecule has 2 aromatic carbocycles. The molecule has 1 aliphatic rings. The summed E-state index contributed by atoms with van der Waals surface area (Å²) in [4.78, 5) is 37.4. The van der Waals surface area contributed by atoms with Gasteiger partial charge in [0.25, 0.3) is 11.5 Å². The van der Waals surface area contributed by atoms with Crippen LogP contribution >= 0.6 is 0 Å². The molecule has 9 heteroatoms. The van der Waals surface area contributed by atoms with E-state index in [0.29, 0.717) is 48.9 Å². The molecule has 2 aromatic heterocycles. The fourth-order valence-corrected chi connectivity index (χ4v) is 4.83. The highest BCUT2D eigenvalue weighted by atomic mass is 16.5. The van der Waals surface area contributed by atoms with Crippen LogP contribution in [-0.4, -0.2) is 58.8 Å². The zero-order valence-corrected chi connectivity index (χ0v) is 22.0. The monoisotopic (exact) mass is 512 g/mol. The zero-order valence-electron chi connectivity index (χ0n) is 22.0. The third kappa shape index (κ3) is 5.44. The average Bonchev–Trinajstić information content (AvgIpc) is 2.90. The fraction of sp³-hybridized carbons (Fsp3) is 0.310. The lowest BCUT2D eigenvalue weighted by molar-refractivity contribution is -0.840. The van der Waals surface area contributed by atoms with Gasteiger partial charge >= 0.3 is 0 Å².